The lowest BCUT2D eigenvalue weighted by molar-refractivity contribution is 0.0581. The zero-order valence-electron chi connectivity index (χ0n) is 13.6. The molecule has 1 N–H and O–H groups in total. The lowest BCUT2D eigenvalue weighted by Crippen LogP contribution is -2.50. The number of hydrogen-bond donors (Lipinski definition) is 1. The quantitative estimate of drug-likeness (QED) is 0.906. The van der Waals surface area contributed by atoms with Gasteiger partial charge in [-0.25, -0.2) is 0 Å². The smallest absolute Gasteiger partial charge is 0.232 e. The summed E-state index contributed by atoms with van der Waals surface area (Å²) in [7, 11) is 0. The van der Waals surface area contributed by atoms with Crippen LogP contribution in [0, 0.1) is 5.41 Å². The summed E-state index contributed by atoms with van der Waals surface area (Å²) in [5.74, 6) is 1.57. The minimum Gasteiger partial charge on any atom is -0.339 e. The van der Waals surface area contributed by atoms with Gasteiger partial charge in [-0.05, 0) is 44.2 Å². The highest BCUT2D eigenvalue weighted by molar-refractivity contribution is 4.99. The second-order valence-electron chi connectivity index (χ2n) is 7.86. The van der Waals surface area contributed by atoms with E-state index < -0.39 is 0 Å². The summed E-state index contributed by atoms with van der Waals surface area (Å²) in [5.41, 5.74) is 0.411. The normalized spacial score (nSPS) is 28.1. The fourth-order valence-electron chi connectivity index (χ4n) is 3.65. The monoisotopic (exact) mass is 292 g/mol. The first kappa shape index (κ1) is 15.0. The fourth-order valence-corrected chi connectivity index (χ4v) is 3.65. The minimum absolute atomic E-state index is 0.0678. The van der Waals surface area contributed by atoms with Crippen LogP contribution >= 0.6 is 0 Å². The second kappa shape index (κ2) is 5.69. The Balaban J connectivity index is 1.63. The topological polar surface area (TPSA) is 54.2 Å². The highest BCUT2D eigenvalue weighted by Gasteiger charge is 2.36. The molecule has 0 amide bonds. The molecule has 3 heterocycles. The van der Waals surface area contributed by atoms with Crippen molar-refractivity contribution in [2.45, 2.75) is 58.4 Å². The average molecular weight is 292 g/mol. The van der Waals surface area contributed by atoms with Crippen LogP contribution in [0.4, 0.5) is 0 Å². The van der Waals surface area contributed by atoms with E-state index in [1.54, 1.807) is 0 Å². The molecule has 2 aliphatic heterocycles. The molecule has 5 heteroatoms. The van der Waals surface area contributed by atoms with Crippen molar-refractivity contribution in [1.29, 1.82) is 0 Å². The molecule has 1 atom stereocenters. The molecule has 21 heavy (non-hydrogen) atoms. The molecule has 1 spiro atoms. The van der Waals surface area contributed by atoms with E-state index in [-0.39, 0.29) is 5.41 Å². The molecule has 0 bridgehead atoms. The maximum atomic E-state index is 5.41. The van der Waals surface area contributed by atoms with Crippen LogP contribution in [-0.2, 0) is 12.0 Å². The van der Waals surface area contributed by atoms with Gasteiger partial charge < -0.3 is 9.84 Å². The molecule has 5 nitrogen and oxygen atoms in total. The number of rotatable bonds is 2. The molecule has 0 aromatic carbocycles. The number of nitrogens with one attached hydrogen (secondary N) is 1. The third kappa shape index (κ3) is 3.46. The summed E-state index contributed by atoms with van der Waals surface area (Å²) in [6.45, 7) is 11.8. The second-order valence-corrected chi connectivity index (χ2v) is 7.86. The predicted molar refractivity (Wildman–Crippen MR) is 82.0 cm³/mol. The van der Waals surface area contributed by atoms with E-state index in [0.29, 0.717) is 5.41 Å². The van der Waals surface area contributed by atoms with Crippen LogP contribution in [0.3, 0.4) is 0 Å². The van der Waals surface area contributed by atoms with Crippen molar-refractivity contribution in [2.75, 3.05) is 26.2 Å². The zero-order valence-corrected chi connectivity index (χ0v) is 13.6. The summed E-state index contributed by atoms with van der Waals surface area (Å²) in [6, 6.07) is 0. The Morgan fingerprint density at radius 1 is 1.29 bits per heavy atom. The Hall–Kier alpha value is -0.940. The van der Waals surface area contributed by atoms with Gasteiger partial charge in [0.25, 0.3) is 0 Å². The van der Waals surface area contributed by atoms with Crippen LogP contribution in [0.25, 0.3) is 0 Å². The molecule has 1 aromatic rings. The van der Waals surface area contributed by atoms with Gasteiger partial charge in [0, 0.05) is 18.5 Å². The van der Waals surface area contributed by atoms with Crippen LogP contribution in [0.1, 0.15) is 58.2 Å². The van der Waals surface area contributed by atoms with Crippen molar-refractivity contribution in [1.82, 2.24) is 20.4 Å². The van der Waals surface area contributed by atoms with Crippen molar-refractivity contribution < 1.29 is 4.52 Å². The van der Waals surface area contributed by atoms with E-state index in [0.717, 1.165) is 24.8 Å². The number of nitrogens with zero attached hydrogens (tertiary/aromatic N) is 3. The lowest BCUT2D eigenvalue weighted by atomic mass is 9.74. The van der Waals surface area contributed by atoms with Crippen LogP contribution in [0.15, 0.2) is 4.52 Å². The lowest BCUT2D eigenvalue weighted by Gasteiger charge is -2.45. The van der Waals surface area contributed by atoms with Crippen molar-refractivity contribution in [2.24, 2.45) is 5.41 Å². The molecule has 2 aliphatic rings. The van der Waals surface area contributed by atoms with Crippen molar-refractivity contribution in [3.63, 3.8) is 0 Å². The molecule has 118 valence electrons. The average Bonchev–Trinajstić information content (AvgIpc) is 2.88. The van der Waals surface area contributed by atoms with Crippen LogP contribution < -0.4 is 5.32 Å². The Kier molecular flexibility index (Phi) is 4.06. The maximum Gasteiger partial charge on any atom is 0.232 e. The van der Waals surface area contributed by atoms with Crippen molar-refractivity contribution in [3.05, 3.63) is 11.7 Å². The van der Waals surface area contributed by atoms with Gasteiger partial charge in [-0.3, -0.25) is 4.90 Å². The summed E-state index contributed by atoms with van der Waals surface area (Å²) < 4.78 is 5.41. The Morgan fingerprint density at radius 3 is 2.76 bits per heavy atom. The number of likely N-dealkylation sites (tertiary alicyclic amines) is 1. The molecular weight excluding hydrogens is 264 g/mol. The SMILES string of the molecule is CC(C)(C)c1nc(CN2CCCC3(CCCNC3)C2)no1. The number of hydrogen-bond acceptors (Lipinski definition) is 5. The van der Waals surface area contributed by atoms with E-state index >= 15 is 0 Å². The molecule has 0 saturated carbocycles. The molecule has 3 rings (SSSR count). The molecule has 2 fully saturated rings. The van der Waals surface area contributed by atoms with Crippen molar-refractivity contribution >= 4 is 0 Å². The van der Waals surface area contributed by atoms with Gasteiger partial charge in [0.15, 0.2) is 5.82 Å². The van der Waals surface area contributed by atoms with Gasteiger partial charge in [-0.15, -0.1) is 0 Å². The van der Waals surface area contributed by atoms with Gasteiger partial charge >= 0.3 is 0 Å². The Bertz CT molecular complexity index is 465. The zero-order chi connectivity index (χ0) is 14.9. The van der Waals surface area contributed by atoms with Crippen LogP contribution in [0.5, 0.6) is 0 Å². The van der Waals surface area contributed by atoms with Gasteiger partial charge in [0.2, 0.25) is 5.89 Å². The molecule has 0 aliphatic carbocycles. The molecular formula is C16H28N4O. The standard InChI is InChI=1S/C16H28N4O/c1-15(2,3)14-18-13(19-21-14)10-20-9-5-7-16(12-20)6-4-8-17-11-16/h17H,4-12H2,1-3H3. The molecule has 0 radical (unpaired) electrons. The Morgan fingerprint density at radius 2 is 2.10 bits per heavy atom. The summed E-state index contributed by atoms with van der Waals surface area (Å²) in [6.07, 6.45) is 5.31. The highest BCUT2D eigenvalue weighted by atomic mass is 16.5. The van der Waals surface area contributed by atoms with Gasteiger partial charge in [-0.2, -0.15) is 4.98 Å². The summed E-state index contributed by atoms with van der Waals surface area (Å²) >= 11 is 0. The van der Waals surface area contributed by atoms with Crippen molar-refractivity contribution in [3.8, 4) is 0 Å². The number of piperidine rings is 2. The third-order valence-electron chi connectivity index (χ3n) is 4.78. The van der Waals surface area contributed by atoms with Crippen LogP contribution in [0.2, 0.25) is 0 Å². The number of aromatic nitrogens is 2. The predicted octanol–water partition coefficient (Wildman–Crippen LogP) is 2.33. The summed E-state index contributed by atoms with van der Waals surface area (Å²) in [5, 5.41) is 7.74. The van der Waals surface area contributed by atoms with E-state index in [2.05, 4.69) is 41.1 Å². The van der Waals surface area contributed by atoms with E-state index in [1.807, 2.05) is 0 Å². The van der Waals surface area contributed by atoms with E-state index in [9.17, 15) is 0 Å². The maximum absolute atomic E-state index is 5.41. The first-order chi connectivity index (χ1) is 9.97. The fraction of sp³-hybridized carbons (Fsp3) is 0.875. The molecule has 2 saturated heterocycles. The molecule has 1 aromatic heterocycles. The van der Waals surface area contributed by atoms with Gasteiger partial charge in [0.05, 0.1) is 6.54 Å². The molecule has 1 unspecified atom stereocenters. The first-order valence-electron chi connectivity index (χ1n) is 8.23. The van der Waals surface area contributed by atoms with Gasteiger partial charge in [-0.1, -0.05) is 25.9 Å². The first-order valence-corrected chi connectivity index (χ1v) is 8.23. The van der Waals surface area contributed by atoms with E-state index in [1.165, 1.54) is 45.3 Å². The minimum atomic E-state index is -0.0678. The van der Waals surface area contributed by atoms with Crippen LogP contribution in [-0.4, -0.2) is 41.2 Å². The third-order valence-corrected chi connectivity index (χ3v) is 4.78. The largest absolute Gasteiger partial charge is 0.339 e. The Labute approximate surface area is 127 Å². The highest BCUT2D eigenvalue weighted by Crippen LogP contribution is 2.36. The summed E-state index contributed by atoms with van der Waals surface area (Å²) in [4.78, 5) is 7.08. The van der Waals surface area contributed by atoms with E-state index in [4.69, 9.17) is 4.52 Å². The van der Waals surface area contributed by atoms with Gasteiger partial charge in [0.1, 0.15) is 0 Å².